The molecule has 0 unspecified atom stereocenters. The van der Waals surface area contributed by atoms with E-state index < -0.39 is 6.36 Å². The van der Waals surface area contributed by atoms with Gasteiger partial charge in [-0.05, 0) is 35.4 Å². The third kappa shape index (κ3) is 3.31. The largest absolute Gasteiger partial charge is 0.573 e. The minimum atomic E-state index is -4.67. The Morgan fingerprint density at radius 1 is 0.727 bits per heavy atom. The number of hydrogen-bond acceptors (Lipinski definition) is 2. The summed E-state index contributed by atoms with van der Waals surface area (Å²) in [6, 6.07) is 17.0. The van der Waals surface area contributed by atoms with Crippen LogP contribution in [0.5, 0.6) is 5.75 Å². The third-order valence-corrected chi connectivity index (χ3v) is 3.11. The fourth-order valence-electron chi connectivity index (χ4n) is 2.12. The van der Waals surface area contributed by atoms with Crippen LogP contribution in [-0.2, 0) is 0 Å². The monoisotopic (exact) mass is 304 g/mol. The van der Waals surface area contributed by atoms with Gasteiger partial charge in [0.1, 0.15) is 11.5 Å². The van der Waals surface area contributed by atoms with Crippen LogP contribution < -0.4 is 4.74 Å². The van der Waals surface area contributed by atoms with Crippen molar-refractivity contribution in [2.24, 2.45) is 0 Å². The Morgan fingerprint density at radius 2 is 1.27 bits per heavy atom. The summed E-state index contributed by atoms with van der Waals surface area (Å²) in [5.41, 5.74) is 2.64. The summed E-state index contributed by atoms with van der Waals surface area (Å²) in [5, 5.41) is 0. The SMILES string of the molecule is FC(F)(F)Oc1ccc(-c2ccc(-c3ccco3)cc2)cc1. The van der Waals surface area contributed by atoms with Crippen LogP contribution in [0.2, 0.25) is 0 Å². The lowest BCUT2D eigenvalue weighted by atomic mass is 10.0. The van der Waals surface area contributed by atoms with Crippen LogP contribution in [0.4, 0.5) is 13.2 Å². The first-order chi connectivity index (χ1) is 10.5. The van der Waals surface area contributed by atoms with E-state index in [4.69, 9.17) is 4.42 Å². The zero-order valence-corrected chi connectivity index (χ0v) is 11.3. The van der Waals surface area contributed by atoms with Crippen LogP contribution in [0.15, 0.2) is 71.3 Å². The first-order valence-electron chi connectivity index (χ1n) is 6.51. The summed E-state index contributed by atoms with van der Waals surface area (Å²) < 4.78 is 45.5. The minimum absolute atomic E-state index is 0.233. The second-order valence-corrected chi connectivity index (χ2v) is 4.63. The van der Waals surface area contributed by atoms with Crippen molar-refractivity contribution in [2.75, 3.05) is 0 Å². The molecule has 0 aliphatic heterocycles. The van der Waals surface area contributed by atoms with Crippen molar-refractivity contribution >= 4 is 0 Å². The molecule has 0 aliphatic carbocycles. The predicted molar refractivity (Wildman–Crippen MR) is 76.3 cm³/mol. The highest BCUT2D eigenvalue weighted by molar-refractivity contribution is 5.68. The van der Waals surface area contributed by atoms with E-state index in [1.807, 2.05) is 36.4 Å². The fourth-order valence-corrected chi connectivity index (χ4v) is 2.12. The quantitative estimate of drug-likeness (QED) is 0.636. The van der Waals surface area contributed by atoms with Crippen LogP contribution in [0.3, 0.4) is 0 Å². The van der Waals surface area contributed by atoms with Gasteiger partial charge in [0.2, 0.25) is 0 Å². The lowest BCUT2D eigenvalue weighted by Gasteiger charge is -2.09. The summed E-state index contributed by atoms with van der Waals surface area (Å²) >= 11 is 0. The van der Waals surface area contributed by atoms with Gasteiger partial charge in [0.25, 0.3) is 0 Å². The Labute approximate surface area is 124 Å². The maximum Gasteiger partial charge on any atom is 0.573 e. The molecule has 3 aromatic rings. The van der Waals surface area contributed by atoms with Crippen molar-refractivity contribution in [3.8, 4) is 28.2 Å². The summed E-state index contributed by atoms with van der Waals surface area (Å²) in [5.74, 6) is 0.531. The van der Waals surface area contributed by atoms with Gasteiger partial charge in [-0.3, -0.25) is 0 Å². The number of hydrogen-bond donors (Lipinski definition) is 0. The minimum Gasteiger partial charge on any atom is -0.464 e. The molecule has 5 heteroatoms. The summed E-state index contributed by atoms with van der Waals surface area (Å²) in [6.45, 7) is 0. The van der Waals surface area contributed by atoms with E-state index in [1.54, 1.807) is 18.4 Å². The molecule has 1 aromatic heterocycles. The molecule has 0 saturated heterocycles. The van der Waals surface area contributed by atoms with Crippen LogP contribution in [0.25, 0.3) is 22.5 Å². The van der Waals surface area contributed by atoms with Crippen molar-refractivity contribution < 1.29 is 22.3 Å². The summed E-state index contributed by atoms with van der Waals surface area (Å²) in [6.07, 6.45) is -3.07. The first-order valence-corrected chi connectivity index (χ1v) is 6.51. The van der Waals surface area contributed by atoms with Gasteiger partial charge in [0.05, 0.1) is 6.26 Å². The van der Waals surface area contributed by atoms with E-state index >= 15 is 0 Å². The average molecular weight is 304 g/mol. The second-order valence-electron chi connectivity index (χ2n) is 4.63. The van der Waals surface area contributed by atoms with E-state index in [1.165, 1.54) is 12.1 Å². The average Bonchev–Trinajstić information content (AvgIpc) is 3.01. The highest BCUT2D eigenvalue weighted by Gasteiger charge is 2.30. The number of halogens is 3. The lowest BCUT2D eigenvalue weighted by molar-refractivity contribution is -0.274. The fraction of sp³-hybridized carbons (Fsp3) is 0.0588. The number of alkyl halides is 3. The summed E-state index contributed by atoms with van der Waals surface area (Å²) in [7, 11) is 0. The number of benzene rings is 2. The normalized spacial score (nSPS) is 11.4. The molecule has 0 radical (unpaired) electrons. The van der Waals surface area contributed by atoms with Gasteiger partial charge in [-0.15, -0.1) is 13.2 Å². The van der Waals surface area contributed by atoms with Crippen LogP contribution >= 0.6 is 0 Å². The van der Waals surface area contributed by atoms with Gasteiger partial charge in [0.15, 0.2) is 0 Å². The van der Waals surface area contributed by atoms with Gasteiger partial charge >= 0.3 is 6.36 Å². The zero-order valence-electron chi connectivity index (χ0n) is 11.3. The van der Waals surface area contributed by atoms with Crippen molar-refractivity contribution in [1.82, 2.24) is 0 Å². The van der Waals surface area contributed by atoms with E-state index in [0.717, 1.165) is 22.5 Å². The molecule has 0 fully saturated rings. The standard InChI is InChI=1S/C17H11F3O2/c18-17(19,20)22-15-9-7-13(8-10-15)12-3-5-14(6-4-12)16-2-1-11-21-16/h1-11H. The molecule has 2 nitrogen and oxygen atoms in total. The van der Waals surface area contributed by atoms with Gasteiger partial charge in [0, 0.05) is 5.56 Å². The molecule has 0 N–H and O–H groups in total. The lowest BCUT2D eigenvalue weighted by Crippen LogP contribution is -2.16. The maximum atomic E-state index is 12.1. The molecule has 0 saturated carbocycles. The molecule has 0 atom stereocenters. The van der Waals surface area contributed by atoms with Crippen LogP contribution in [0.1, 0.15) is 0 Å². The van der Waals surface area contributed by atoms with E-state index in [-0.39, 0.29) is 5.75 Å². The van der Waals surface area contributed by atoms with Gasteiger partial charge < -0.3 is 9.15 Å². The number of rotatable bonds is 3. The highest BCUT2D eigenvalue weighted by atomic mass is 19.4. The first kappa shape index (κ1) is 14.3. The number of furan rings is 1. The highest BCUT2D eigenvalue weighted by Crippen LogP contribution is 2.28. The Morgan fingerprint density at radius 3 is 1.77 bits per heavy atom. The van der Waals surface area contributed by atoms with Crippen LogP contribution in [-0.4, -0.2) is 6.36 Å². The molecule has 1 heterocycles. The predicted octanol–water partition coefficient (Wildman–Crippen LogP) is 5.51. The molecule has 0 amide bonds. The smallest absolute Gasteiger partial charge is 0.464 e. The second kappa shape index (κ2) is 5.60. The van der Waals surface area contributed by atoms with Crippen molar-refractivity contribution in [3.63, 3.8) is 0 Å². The van der Waals surface area contributed by atoms with Crippen LogP contribution in [0, 0.1) is 0 Å². The van der Waals surface area contributed by atoms with Crippen molar-refractivity contribution in [2.45, 2.75) is 6.36 Å². The van der Waals surface area contributed by atoms with E-state index in [0.29, 0.717) is 0 Å². The van der Waals surface area contributed by atoms with Gasteiger partial charge in [-0.25, -0.2) is 0 Å². The summed E-state index contributed by atoms with van der Waals surface area (Å²) in [4.78, 5) is 0. The maximum absolute atomic E-state index is 12.1. The third-order valence-electron chi connectivity index (χ3n) is 3.11. The number of ether oxygens (including phenoxy) is 1. The molecule has 0 bridgehead atoms. The molecule has 0 spiro atoms. The molecule has 3 rings (SSSR count). The molecular formula is C17H11F3O2. The van der Waals surface area contributed by atoms with Gasteiger partial charge in [-0.2, -0.15) is 0 Å². The Hall–Kier alpha value is -2.69. The van der Waals surface area contributed by atoms with Crippen molar-refractivity contribution in [1.29, 1.82) is 0 Å². The molecular weight excluding hydrogens is 293 g/mol. The Kier molecular flexibility index (Phi) is 3.63. The molecule has 22 heavy (non-hydrogen) atoms. The molecule has 2 aromatic carbocycles. The Bertz CT molecular complexity index is 727. The zero-order chi connectivity index (χ0) is 15.6. The topological polar surface area (TPSA) is 22.4 Å². The molecule has 0 aliphatic rings. The van der Waals surface area contributed by atoms with E-state index in [9.17, 15) is 13.2 Å². The molecule has 112 valence electrons. The Balaban J connectivity index is 1.79. The van der Waals surface area contributed by atoms with Gasteiger partial charge in [-0.1, -0.05) is 36.4 Å². The van der Waals surface area contributed by atoms with E-state index in [2.05, 4.69) is 4.74 Å². The van der Waals surface area contributed by atoms with Crippen molar-refractivity contribution in [3.05, 3.63) is 66.9 Å².